The molecule has 0 saturated heterocycles. The van der Waals surface area contributed by atoms with Crippen molar-refractivity contribution >= 4 is 21.8 Å². The Morgan fingerprint density at radius 1 is 0.357 bits per heavy atom. The maximum atomic E-state index is 6.30. The Hall–Kier alpha value is -5.28. The second-order valence-corrected chi connectivity index (χ2v) is 27.1. The molecular weight excluding hydrogens is 851 g/mol. The van der Waals surface area contributed by atoms with Gasteiger partial charge in [0, 0.05) is 44.1 Å². The number of aromatic nitrogens is 1. The fourth-order valence-electron chi connectivity index (χ4n) is 11.5. The SMILES string of the molecule is COc1c(C(C)(C)C)cc(C2(c3cc(C(C)(C)C)c(OC)c(C(C)(C)C)c3)c3cc(C)ccc3-c3ccc(C)cc32)cc1C(C)(C)C.Cc1cc2[nH]c3cc(C)c(C(C)(C)C)cc3c2cc1C(C)(C)C. The third-order valence-electron chi connectivity index (χ3n) is 15.0. The Morgan fingerprint density at radius 2 is 0.643 bits per heavy atom. The van der Waals surface area contributed by atoms with Crippen LogP contribution in [0.2, 0.25) is 0 Å². The van der Waals surface area contributed by atoms with Gasteiger partial charge in [0.25, 0.3) is 0 Å². The molecule has 0 fully saturated rings. The Morgan fingerprint density at radius 3 is 0.900 bits per heavy atom. The van der Waals surface area contributed by atoms with Crippen LogP contribution in [0.3, 0.4) is 0 Å². The molecule has 6 aromatic carbocycles. The molecule has 0 amide bonds. The zero-order valence-corrected chi connectivity index (χ0v) is 47.9. The standard InChI is InChI=1S/C45H58O2.C22H29N/c1-27-17-19-31-32-20-18-28(2)22-34(32)45(33(31)21-27,29-23-35(41(3,4)5)39(46-15)36(24-29)42(6,7)8)30-25-37(43(9,10)11)40(47-16)38(26-30)44(12,13)14;1-13-9-19-15(11-17(13)21(3,4)5)16-12-18(22(6,7)8)14(2)10-20(16)23-19/h17-26H,1-16H3;9-12,23H,1-8H3. The van der Waals surface area contributed by atoms with Gasteiger partial charge in [-0.3, -0.25) is 0 Å². The number of hydrogen-bond acceptors (Lipinski definition) is 2. The number of aryl methyl sites for hydroxylation is 4. The number of aromatic amines is 1. The number of ether oxygens (including phenoxy) is 2. The van der Waals surface area contributed by atoms with E-state index in [0.717, 1.165) is 11.5 Å². The van der Waals surface area contributed by atoms with Crippen LogP contribution in [-0.4, -0.2) is 19.2 Å². The highest BCUT2D eigenvalue weighted by atomic mass is 16.5. The molecule has 8 rings (SSSR count). The molecule has 1 aliphatic rings. The van der Waals surface area contributed by atoms with E-state index < -0.39 is 5.41 Å². The Bertz CT molecular complexity index is 2860. The van der Waals surface area contributed by atoms with E-state index in [0.29, 0.717) is 0 Å². The normalized spacial score (nSPS) is 14.1. The molecule has 1 heterocycles. The lowest BCUT2D eigenvalue weighted by Crippen LogP contribution is -2.32. The van der Waals surface area contributed by atoms with E-state index in [1.54, 1.807) is 0 Å². The average molecular weight is 938 g/mol. The second-order valence-electron chi connectivity index (χ2n) is 27.1. The molecule has 3 nitrogen and oxygen atoms in total. The predicted molar refractivity (Wildman–Crippen MR) is 304 cm³/mol. The van der Waals surface area contributed by atoms with Gasteiger partial charge in [-0.1, -0.05) is 172 Å². The summed E-state index contributed by atoms with van der Waals surface area (Å²) in [6.07, 6.45) is 0. The first kappa shape index (κ1) is 52.5. The van der Waals surface area contributed by atoms with E-state index in [4.69, 9.17) is 9.47 Å². The molecular formula is C67H87NO2. The van der Waals surface area contributed by atoms with E-state index in [1.165, 1.54) is 111 Å². The third kappa shape index (κ3) is 9.25. The third-order valence-corrected chi connectivity index (χ3v) is 15.0. The molecule has 1 aliphatic carbocycles. The van der Waals surface area contributed by atoms with Gasteiger partial charge in [-0.25, -0.2) is 0 Å². The average Bonchev–Trinajstić information content (AvgIpc) is 3.71. The number of hydrogen-bond donors (Lipinski definition) is 1. The van der Waals surface area contributed by atoms with Gasteiger partial charge in [-0.05, 0) is 164 Å². The monoisotopic (exact) mass is 938 g/mol. The molecule has 1 N–H and O–H groups in total. The van der Waals surface area contributed by atoms with Crippen molar-refractivity contribution in [2.45, 2.75) is 190 Å². The van der Waals surface area contributed by atoms with E-state index in [1.807, 2.05) is 14.2 Å². The summed E-state index contributed by atoms with van der Waals surface area (Å²) in [5.74, 6) is 1.99. The summed E-state index contributed by atoms with van der Waals surface area (Å²) in [6, 6.07) is 33.4. The highest BCUT2D eigenvalue weighted by Gasteiger charge is 2.49. The van der Waals surface area contributed by atoms with Crippen molar-refractivity contribution in [2.75, 3.05) is 14.2 Å². The van der Waals surface area contributed by atoms with Crippen LogP contribution in [0.4, 0.5) is 0 Å². The van der Waals surface area contributed by atoms with Crippen molar-refractivity contribution in [1.82, 2.24) is 4.98 Å². The zero-order valence-electron chi connectivity index (χ0n) is 47.9. The van der Waals surface area contributed by atoms with Crippen molar-refractivity contribution in [3.63, 3.8) is 0 Å². The van der Waals surface area contributed by atoms with E-state index >= 15 is 0 Å². The van der Waals surface area contributed by atoms with Crippen LogP contribution in [0.25, 0.3) is 32.9 Å². The van der Waals surface area contributed by atoms with Gasteiger partial charge in [0.1, 0.15) is 11.5 Å². The molecule has 0 radical (unpaired) electrons. The molecule has 7 aromatic rings. The molecule has 0 spiro atoms. The second kappa shape index (κ2) is 17.5. The number of benzene rings is 6. The van der Waals surface area contributed by atoms with Crippen LogP contribution in [0, 0.1) is 27.7 Å². The highest BCUT2D eigenvalue weighted by molar-refractivity contribution is 6.08. The summed E-state index contributed by atoms with van der Waals surface area (Å²) in [5, 5.41) is 2.70. The molecule has 372 valence electrons. The van der Waals surface area contributed by atoms with E-state index in [9.17, 15) is 0 Å². The van der Waals surface area contributed by atoms with E-state index in [-0.39, 0.29) is 32.5 Å². The van der Waals surface area contributed by atoms with Gasteiger partial charge in [-0.2, -0.15) is 0 Å². The summed E-state index contributed by atoms with van der Waals surface area (Å²) in [7, 11) is 3.66. The Balaban J connectivity index is 0.000000261. The van der Waals surface area contributed by atoms with Gasteiger partial charge in [0.2, 0.25) is 0 Å². The topological polar surface area (TPSA) is 34.2 Å². The molecule has 0 atom stereocenters. The molecule has 0 aliphatic heterocycles. The first-order valence-electron chi connectivity index (χ1n) is 25.8. The summed E-state index contributed by atoms with van der Waals surface area (Å²) in [6.45, 7) is 50.3. The summed E-state index contributed by atoms with van der Waals surface area (Å²) >= 11 is 0. The van der Waals surface area contributed by atoms with Gasteiger partial charge >= 0.3 is 0 Å². The fourth-order valence-corrected chi connectivity index (χ4v) is 11.5. The van der Waals surface area contributed by atoms with E-state index in [2.05, 4.69) is 242 Å². The van der Waals surface area contributed by atoms with Gasteiger partial charge in [-0.15, -0.1) is 0 Å². The fraction of sp³-hybridized carbons (Fsp3) is 0.463. The first-order chi connectivity index (χ1) is 32.0. The summed E-state index contributed by atoms with van der Waals surface area (Å²) < 4.78 is 12.6. The summed E-state index contributed by atoms with van der Waals surface area (Å²) in [4.78, 5) is 3.62. The van der Waals surface area contributed by atoms with Crippen LogP contribution in [0.5, 0.6) is 11.5 Å². The highest BCUT2D eigenvalue weighted by Crippen LogP contribution is 2.59. The largest absolute Gasteiger partial charge is 0.496 e. The number of fused-ring (bicyclic) bond motifs is 6. The van der Waals surface area contributed by atoms with Crippen LogP contribution in [0.15, 0.2) is 84.9 Å². The number of methoxy groups -OCH3 is 2. The summed E-state index contributed by atoms with van der Waals surface area (Å²) in [5.41, 5.74) is 22.6. The number of rotatable bonds is 4. The first-order valence-corrected chi connectivity index (χ1v) is 25.8. The van der Waals surface area contributed by atoms with Crippen molar-refractivity contribution in [3.05, 3.63) is 163 Å². The van der Waals surface area contributed by atoms with Crippen molar-refractivity contribution in [1.29, 1.82) is 0 Å². The lowest BCUT2D eigenvalue weighted by molar-refractivity contribution is 0.380. The minimum Gasteiger partial charge on any atom is -0.496 e. The van der Waals surface area contributed by atoms with Crippen LogP contribution < -0.4 is 9.47 Å². The molecule has 0 saturated carbocycles. The van der Waals surface area contributed by atoms with Crippen LogP contribution >= 0.6 is 0 Å². The lowest BCUT2D eigenvalue weighted by Gasteiger charge is -2.40. The minimum absolute atomic E-state index is 0.140. The smallest absolute Gasteiger partial charge is 0.126 e. The Kier molecular flexibility index (Phi) is 13.1. The minimum atomic E-state index is -0.568. The van der Waals surface area contributed by atoms with Crippen LogP contribution in [0.1, 0.15) is 203 Å². The molecule has 3 heteroatoms. The number of H-pyrrole nitrogens is 1. The Labute approximate surface area is 424 Å². The van der Waals surface area contributed by atoms with Crippen molar-refractivity contribution < 1.29 is 9.47 Å². The maximum absolute atomic E-state index is 6.30. The molecule has 1 aromatic heterocycles. The maximum Gasteiger partial charge on any atom is 0.126 e. The molecule has 0 bridgehead atoms. The van der Waals surface area contributed by atoms with Crippen molar-refractivity contribution in [2.24, 2.45) is 0 Å². The van der Waals surface area contributed by atoms with Crippen molar-refractivity contribution in [3.8, 4) is 22.6 Å². The van der Waals surface area contributed by atoms with Gasteiger partial charge in [0.05, 0.1) is 19.6 Å². The zero-order chi connectivity index (χ0) is 52.2. The lowest BCUT2D eigenvalue weighted by atomic mass is 9.63. The molecule has 0 unspecified atom stereocenters. The molecule has 70 heavy (non-hydrogen) atoms. The number of nitrogens with one attached hydrogen (secondary N) is 1. The quantitative estimate of drug-likeness (QED) is 0.191. The van der Waals surface area contributed by atoms with Gasteiger partial charge < -0.3 is 14.5 Å². The predicted octanol–water partition coefficient (Wildman–Crippen LogP) is 18.4. The van der Waals surface area contributed by atoms with Gasteiger partial charge in [0.15, 0.2) is 0 Å². The van der Waals surface area contributed by atoms with Crippen LogP contribution in [-0.2, 0) is 37.9 Å².